The molecule has 0 radical (unpaired) electrons. The average molecular weight is 306 g/mol. The van der Waals surface area contributed by atoms with Crippen LogP contribution in [0.15, 0.2) is 18.7 Å². The molecule has 0 fully saturated rings. The average Bonchev–Trinajstić information content (AvgIpc) is 3.03. The number of carbonyl (C=O) groups excluding carboxylic acids is 1. The van der Waals surface area contributed by atoms with Crippen molar-refractivity contribution in [3.05, 3.63) is 34.0 Å². The first-order valence-electron chi connectivity index (χ1n) is 7.16. The molecule has 0 aliphatic rings. The van der Waals surface area contributed by atoms with Crippen LogP contribution in [0.2, 0.25) is 0 Å². The van der Waals surface area contributed by atoms with Crippen LogP contribution in [0.3, 0.4) is 0 Å². The lowest BCUT2D eigenvalue weighted by molar-refractivity contribution is -0.122. The molecule has 1 atom stereocenters. The minimum Gasteiger partial charge on any atom is -0.349 e. The Balaban J connectivity index is 1.99. The Morgan fingerprint density at radius 2 is 2.19 bits per heavy atom. The van der Waals surface area contributed by atoms with E-state index in [0.717, 1.165) is 0 Å². The summed E-state index contributed by atoms with van der Waals surface area (Å²) in [5.41, 5.74) is 1.24. The van der Waals surface area contributed by atoms with Crippen molar-refractivity contribution in [1.29, 1.82) is 0 Å². The molecule has 0 aromatic carbocycles. The topological polar surface area (TPSA) is 59.8 Å². The number of rotatable bonds is 6. The summed E-state index contributed by atoms with van der Waals surface area (Å²) in [6.45, 7) is 9.04. The summed E-state index contributed by atoms with van der Waals surface area (Å²) in [6.07, 6.45) is 3.51. The van der Waals surface area contributed by atoms with Crippen LogP contribution in [0, 0.1) is 19.8 Å². The van der Waals surface area contributed by atoms with Gasteiger partial charge in [0.05, 0.1) is 12.6 Å². The van der Waals surface area contributed by atoms with Crippen molar-refractivity contribution in [2.45, 2.75) is 46.7 Å². The van der Waals surface area contributed by atoms with Gasteiger partial charge in [0.2, 0.25) is 5.91 Å². The monoisotopic (exact) mass is 306 g/mol. The summed E-state index contributed by atoms with van der Waals surface area (Å²) in [5, 5.41) is 7.16. The second-order valence-corrected chi connectivity index (χ2v) is 7.03. The third-order valence-corrected chi connectivity index (χ3v) is 4.41. The first kappa shape index (κ1) is 15.7. The number of hydrogen-bond donors (Lipinski definition) is 1. The molecule has 0 unspecified atom stereocenters. The Hall–Kier alpha value is -1.69. The van der Waals surface area contributed by atoms with E-state index >= 15 is 0 Å². The quantitative estimate of drug-likeness (QED) is 0.892. The smallest absolute Gasteiger partial charge is 0.222 e. The molecular formula is C15H22N4OS. The maximum atomic E-state index is 12.2. The van der Waals surface area contributed by atoms with Gasteiger partial charge in [0.1, 0.15) is 12.7 Å². The number of thiophene rings is 1. The lowest BCUT2D eigenvalue weighted by Gasteiger charge is -2.22. The number of aromatic nitrogens is 3. The van der Waals surface area contributed by atoms with E-state index in [0.29, 0.717) is 18.9 Å². The molecule has 6 heteroatoms. The Bertz CT molecular complexity index is 589. The van der Waals surface area contributed by atoms with Gasteiger partial charge in [0.25, 0.3) is 0 Å². The van der Waals surface area contributed by atoms with Crippen LogP contribution in [-0.4, -0.2) is 20.7 Å². The Labute approximate surface area is 129 Å². The van der Waals surface area contributed by atoms with Gasteiger partial charge in [-0.05, 0) is 31.4 Å². The summed E-state index contributed by atoms with van der Waals surface area (Å²) >= 11 is 1.78. The second-order valence-electron chi connectivity index (χ2n) is 5.57. The van der Waals surface area contributed by atoms with Gasteiger partial charge in [-0.25, -0.2) is 4.98 Å². The molecule has 0 spiro atoms. The number of aryl methyl sites for hydroxylation is 3. The fraction of sp³-hybridized carbons (Fsp3) is 0.533. The van der Waals surface area contributed by atoms with Gasteiger partial charge in [-0.3, -0.25) is 9.48 Å². The van der Waals surface area contributed by atoms with E-state index in [4.69, 9.17) is 0 Å². The minimum absolute atomic E-state index is 0.0486. The number of carbonyl (C=O) groups is 1. The molecule has 114 valence electrons. The summed E-state index contributed by atoms with van der Waals surface area (Å²) in [6, 6.07) is 2.25. The Morgan fingerprint density at radius 3 is 2.71 bits per heavy atom. The molecule has 0 bridgehead atoms. The van der Waals surface area contributed by atoms with Gasteiger partial charge in [-0.1, -0.05) is 13.8 Å². The van der Waals surface area contributed by atoms with Crippen LogP contribution in [0.1, 0.15) is 41.6 Å². The molecule has 5 nitrogen and oxygen atoms in total. The highest BCUT2D eigenvalue weighted by atomic mass is 32.1. The number of nitrogens with one attached hydrogen (secondary N) is 1. The van der Waals surface area contributed by atoms with Crippen LogP contribution < -0.4 is 5.32 Å². The fourth-order valence-electron chi connectivity index (χ4n) is 2.37. The summed E-state index contributed by atoms with van der Waals surface area (Å²) in [7, 11) is 0. The third-order valence-electron chi connectivity index (χ3n) is 3.43. The largest absolute Gasteiger partial charge is 0.349 e. The van der Waals surface area contributed by atoms with E-state index in [1.54, 1.807) is 22.3 Å². The standard InChI is InChI=1S/C15H22N4OS/c1-10(2)15(13-7-11(3)21-12(13)4)18-14(20)5-6-19-9-16-8-17-19/h7-10,15H,5-6H2,1-4H3,(H,18,20)/t15-/m0/s1. The van der Waals surface area contributed by atoms with Crippen molar-refractivity contribution >= 4 is 17.2 Å². The van der Waals surface area contributed by atoms with Crippen molar-refractivity contribution in [2.75, 3.05) is 0 Å². The SMILES string of the molecule is Cc1cc([C@@H](NC(=O)CCn2cncn2)C(C)C)c(C)s1. The van der Waals surface area contributed by atoms with Crippen molar-refractivity contribution in [3.8, 4) is 0 Å². The lowest BCUT2D eigenvalue weighted by atomic mass is 9.96. The van der Waals surface area contributed by atoms with Crippen LogP contribution in [0.5, 0.6) is 0 Å². The van der Waals surface area contributed by atoms with E-state index in [1.807, 2.05) is 0 Å². The van der Waals surface area contributed by atoms with Gasteiger partial charge in [0, 0.05) is 16.2 Å². The first-order chi connectivity index (χ1) is 9.97. The van der Waals surface area contributed by atoms with Crippen molar-refractivity contribution in [1.82, 2.24) is 20.1 Å². The zero-order chi connectivity index (χ0) is 15.4. The Morgan fingerprint density at radius 1 is 1.43 bits per heavy atom. The van der Waals surface area contributed by atoms with Crippen LogP contribution >= 0.6 is 11.3 Å². The van der Waals surface area contributed by atoms with Gasteiger partial charge in [0.15, 0.2) is 0 Å². The van der Waals surface area contributed by atoms with Crippen molar-refractivity contribution in [3.63, 3.8) is 0 Å². The molecule has 0 aliphatic carbocycles. The zero-order valence-electron chi connectivity index (χ0n) is 13.0. The van der Waals surface area contributed by atoms with Crippen LogP contribution in [0.4, 0.5) is 0 Å². The van der Waals surface area contributed by atoms with E-state index in [9.17, 15) is 4.79 Å². The molecule has 2 aromatic rings. The predicted octanol–water partition coefficient (Wildman–Crippen LogP) is 2.86. The summed E-state index contributed by atoms with van der Waals surface area (Å²) < 4.78 is 1.67. The van der Waals surface area contributed by atoms with Crippen molar-refractivity contribution < 1.29 is 4.79 Å². The highest BCUT2D eigenvalue weighted by molar-refractivity contribution is 7.12. The van der Waals surface area contributed by atoms with Gasteiger partial charge in [-0.2, -0.15) is 5.10 Å². The normalized spacial score (nSPS) is 12.6. The molecule has 0 saturated carbocycles. The molecule has 0 aliphatic heterocycles. The summed E-state index contributed by atoms with van der Waals surface area (Å²) in [4.78, 5) is 18.6. The fourth-order valence-corrected chi connectivity index (χ4v) is 3.35. The molecule has 21 heavy (non-hydrogen) atoms. The van der Waals surface area contributed by atoms with E-state index in [2.05, 4.69) is 49.2 Å². The van der Waals surface area contributed by atoms with Gasteiger partial charge in [-0.15, -0.1) is 11.3 Å². The maximum Gasteiger partial charge on any atom is 0.222 e. The van der Waals surface area contributed by atoms with Crippen LogP contribution in [0.25, 0.3) is 0 Å². The zero-order valence-corrected chi connectivity index (χ0v) is 13.8. The Kier molecular flexibility index (Phi) is 5.12. The van der Waals surface area contributed by atoms with Gasteiger partial charge < -0.3 is 5.32 Å². The molecular weight excluding hydrogens is 284 g/mol. The van der Waals surface area contributed by atoms with Crippen molar-refractivity contribution in [2.24, 2.45) is 5.92 Å². The number of amides is 1. The van der Waals surface area contributed by atoms with E-state index in [-0.39, 0.29) is 11.9 Å². The third kappa shape index (κ3) is 4.14. The minimum atomic E-state index is 0.0486. The van der Waals surface area contributed by atoms with Gasteiger partial charge >= 0.3 is 0 Å². The second kappa shape index (κ2) is 6.85. The molecule has 0 saturated heterocycles. The van der Waals surface area contributed by atoms with E-state index in [1.165, 1.54) is 21.6 Å². The molecule has 2 heterocycles. The lowest BCUT2D eigenvalue weighted by Crippen LogP contribution is -2.32. The van der Waals surface area contributed by atoms with E-state index < -0.39 is 0 Å². The highest BCUT2D eigenvalue weighted by Gasteiger charge is 2.21. The maximum absolute atomic E-state index is 12.2. The molecule has 1 N–H and O–H groups in total. The first-order valence-corrected chi connectivity index (χ1v) is 7.97. The molecule has 2 rings (SSSR count). The number of nitrogens with zero attached hydrogens (tertiary/aromatic N) is 3. The highest BCUT2D eigenvalue weighted by Crippen LogP contribution is 2.30. The molecule has 1 amide bonds. The predicted molar refractivity (Wildman–Crippen MR) is 84.2 cm³/mol. The molecule has 2 aromatic heterocycles. The van der Waals surface area contributed by atoms with Crippen LogP contribution in [-0.2, 0) is 11.3 Å². The summed E-state index contributed by atoms with van der Waals surface area (Å²) in [5.74, 6) is 0.403. The number of hydrogen-bond acceptors (Lipinski definition) is 4.